The number of aliphatic hydroxyl groups is 1. The van der Waals surface area contributed by atoms with Gasteiger partial charge in [0, 0.05) is 0 Å². The normalized spacial score (nSPS) is 16.5. The van der Waals surface area contributed by atoms with Crippen LogP contribution in [0.4, 0.5) is 0 Å². The summed E-state index contributed by atoms with van der Waals surface area (Å²) < 4.78 is 4.82. The van der Waals surface area contributed by atoms with Crippen molar-refractivity contribution in [1.29, 1.82) is 0 Å². The van der Waals surface area contributed by atoms with E-state index in [1.54, 1.807) is 13.8 Å². The molecule has 0 aromatic heterocycles. The van der Waals surface area contributed by atoms with Crippen molar-refractivity contribution >= 4 is 5.97 Å². The molecule has 0 aromatic carbocycles. The van der Waals surface area contributed by atoms with Gasteiger partial charge in [-0.3, -0.25) is 4.79 Å². The first-order chi connectivity index (χ1) is 5.80. The third-order valence-corrected chi connectivity index (χ3v) is 2.02. The number of hydrogen-bond donors (Lipinski definition) is 1. The predicted molar refractivity (Wildman–Crippen MR) is 51.3 cm³/mol. The molecule has 0 bridgehead atoms. The Labute approximate surface area is 80.1 Å². The molecule has 0 unspecified atom stereocenters. The average molecular weight is 188 g/mol. The number of esters is 1. The van der Waals surface area contributed by atoms with Crippen molar-refractivity contribution in [3.63, 3.8) is 0 Å². The summed E-state index contributed by atoms with van der Waals surface area (Å²) in [4.78, 5) is 11.2. The monoisotopic (exact) mass is 188 g/mol. The minimum Gasteiger partial charge on any atom is -0.466 e. The fourth-order valence-corrected chi connectivity index (χ4v) is 1.15. The van der Waals surface area contributed by atoms with Crippen LogP contribution in [0.5, 0.6) is 0 Å². The maximum atomic E-state index is 11.2. The van der Waals surface area contributed by atoms with Gasteiger partial charge in [0.1, 0.15) is 0 Å². The summed E-state index contributed by atoms with van der Waals surface area (Å²) in [5.41, 5.74) is -0.286. The second-order valence-corrected chi connectivity index (χ2v) is 4.35. The second kappa shape index (κ2) is 4.61. The SMILES string of the molecule is CCOC(=O)[C@H](C)[C@@H](O)C(C)(C)C. The highest BCUT2D eigenvalue weighted by atomic mass is 16.5. The largest absolute Gasteiger partial charge is 0.466 e. The summed E-state index contributed by atoms with van der Waals surface area (Å²) in [7, 11) is 0. The minimum absolute atomic E-state index is 0.286. The van der Waals surface area contributed by atoms with E-state index in [9.17, 15) is 9.90 Å². The number of carbonyl (C=O) groups is 1. The lowest BCUT2D eigenvalue weighted by atomic mass is 9.82. The summed E-state index contributed by atoms with van der Waals surface area (Å²) >= 11 is 0. The Kier molecular flexibility index (Phi) is 4.40. The standard InChI is InChI=1S/C10H20O3/c1-6-13-9(12)7(2)8(11)10(3,4)5/h7-8,11H,6H2,1-5H3/t7-,8-/m1/s1. The molecule has 0 aliphatic rings. The maximum Gasteiger partial charge on any atom is 0.311 e. The molecule has 0 saturated carbocycles. The molecule has 1 N–H and O–H groups in total. The minimum atomic E-state index is -0.661. The van der Waals surface area contributed by atoms with Crippen LogP contribution in [0, 0.1) is 11.3 Å². The van der Waals surface area contributed by atoms with Crippen molar-refractivity contribution in [3.05, 3.63) is 0 Å². The first-order valence-corrected chi connectivity index (χ1v) is 4.65. The zero-order chi connectivity index (χ0) is 10.6. The quantitative estimate of drug-likeness (QED) is 0.684. The van der Waals surface area contributed by atoms with Gasteiger partial charge >= 0.3 is 5.97 Å². The highest BCUT2D eigenvalue weighted by Crippen LogP contribution is 2.25. The first-order valence-electron chi connectivity index (χ1n) is 4.65. The Morgan fingerprint density at radius 2 is 1.92 bits per heavy atom. The average Bonchev–Trinajstić information content (AvgIpc) is 2.00. The van der Waals surface area contributed by atoms with Gasteiger partial charge in [-0.25, -0.2) is 0 Å². The fourth-order valence-electron chi connectivity index (χ4n) is 1.15. The van der Waals surface area contributed by atoms with Crippen LogP contribution in [0.15, 0.2) is 0 Å². The Morgan fingerprint density at radius 3 is 2.23 bits per heavy atom. The van der Waals surface area contributed by atoms with Gasteiger partial charge in [-0.05, 0) is 19.3 Å². The van der Waals surface area contributed by atoms with Crippen molar-refractivity contribution in [2.75, 3.05) is 6.61 Å². The zero-order valence-electron chi connectivity index (χ0n) is 9.13. The summed E-state index contributed by atoms with van der Waals surface area (Å²) in [6.07, 6.45) is -0.661. The molecule has 3 nitrogen and oxygen atoms in total. The summed E-state index contributed by atoms with van der Waals surface area (Å²) in [5, 5.41) is 9.75. The molecule has 0 fully saturated rings. The van der Waals surface area contributed by atoms with Gasteiger partial charge in [0.15, 0.2) is 0 Å². The van der Waals surface area contributed by atoms with Gasteiger partial charge in [-0.1, -0.05) is 20.8 Å². The van der Waals surface area contributed by atoms with E-state index in [1.807, 2.05) is 20.8 Å². The number of ether oxygens (including phenoxy) is 1. The smallest absolute Gasteiger partial charge is 0.311 e. The van der Waals surface area contributed by atoms with Crippen LogP contribution >= 0.6 is 0 Å². The van der Waals surface area contributed by atoms with Crippen LogP contribution in [0.25, 0.3) is 0 Å². The Morgan fingerprint density at radius 1 is 1.46 bits per heavy atom. The second-order valence-electron chi connectivity index (χ2n) is 4.35. The lowest BCUT2D eigenvalue weighted by Gasteiger charge is -2.29. The van der Waals surface area contributed by atoms with Crippen molar-refractivity contribution in [1.82, 2.24) is 0 Å². The van der Waals surface area contributed by atoms with Gasteiger partial charge in [0.2, 0.25) is 0 Å². The third kappa shape index (κ3) is 3.77. The first kappa shape index (κ1) is 12.4. The van der Waals surface area contributed by atoms with Crippen molar-refractivity contribution < 1.29 is 14.6 Å². The van der Waals surface area contributed by atoms with Crippen LogP contribution < -0.4 is 0 Å². The van der Waals surface area contributed by atoms with Gasteiger partial charge < -0.3 is 9.84 Å². The molecular formula is C10H20O3. The molecule has 0 saturated heterocycles. The van der Waals surface area contributed by atoms with Crippen LogP contribution in [0.2, 0.25) is 0 Å². The fraction of sp³-hybridized carbons (Fsp3) is 0.900. The highest BCUT2D eigenvalue weighted by Gasteiger charge is 2.32. The zero-order valence-corrected chi connectivity index (χ0v) is 9.13. The van der Waals surface area contributed by atoms with Crippen molar-refractivity contribution in [3.8, 4) is 0 Å². The number of hydrogen-bond acceptors (Lipinski definition) is 3. The molecule has 2 atom stereocenters. The Bertz CT molecular complexity index is 169. The van der Waals surface area contributed by atoms with E-state index in [1.165, 1.54) is 0 Å². The molecule has 78 valence electrons. The lowest BCUT2D eigenvalue weighted by Crippen LogP contribution is -2.37. The molecule has 0 amide bonds. The van der Waals surface area contributed by atoms with Crippen LogP contribution in [0.3, 0.4) is 0 Å². The highest BCUT2D eigenvalue weighted by molar-refractivity contribution is 5.72. The van der Waals surface area contributed by atoms with Gasteiger partial charge in [-0.15, -0.1) is 0 Å². The van der Waals surface area contributed by atoms with E-state index in [-0.39, 0.29) is 11.4 Å². The van der Waals surface area contributed by atoms with Crippen molar-refractivity contribution in [2.45, 2.75) is 40.7 Å². The molecule has 0 rings (SSSR count). The molecule has 0 radical (unpaired) electrons. The molecule has 0 aliphatic carbocycles. The van der Waals surface area contributed by atoms with E-state index in [0.29, 0.717) is 6.61 Å². The van der Waals surface area contributed by atoms with E-state index in [4.69, 9.17) is 4.74 Å². The van der Waals surface area contributed by atoms with Crippen LogP contribution in [0.1, 0.15) is 34.6 Å². The number of rotatable bonds is 3. The van der Waals surface area contributed by atoms with Crippen LogP contribution in [-0.4, -0.2) is 23.8 Å². The summed E-state index contributed by atoms with van der Waals surface area (Å²) in [6, 6.07) is 0. The van der Waals surface area contributed by atoms with Gasteiger partial charge in [0.05, 0.1) is 18.6 Å². The maximum absolute atomic E-state index is 11.2. The van der Waals surface area contributed by atoms with E-state index in [0.717, 1.165) is 0 Å². The molecule has 0 aromatic rings. The molecule has 13 heavy (non-hydrogen) atoms. The van der Waals surface area contributed by atoms with Crippen LogP contribution in [-0.2, 0) is 9.53 Å². The third-order valence-electron chi connectivity index (χ3n) is 2.02. The molecule has 3 heteroatoms. The molecule has 0 aliphatic heterocycles. The molecule has 0 spiro atoms. The Balaban J connectivity index is 4.25. The van der Waals surface area contributed by atoms with Crippen molar-refractivity contribution in [2.24, 2.45) is 11.3 Å². The van der Waals surface area contributed by atoms with E-state index in [2.05, 4.69) is 0 Å². The summed E-state index contributed by atoms with van der Waals surface area (Å²) in [6.45, 7) is 9.50. The summed E-state index contributed by atoms with van der Waals surface area (Å²) in [5.74, 6) is -0.787. The Hall–Kier alpha value is -0.570. The molecule has 0 heterocycles. The predicted octanol–water partition coefficient (Wildman–Crippen LogP) is 1.59. The van der Waals surface area contributed by atoms with E-state index >= 15 is 0 Å². The lowest BCUT2D eigenvalue weighted by molar-refractivity contribution is -0.154. The van der Waals surface area contributed by atoms with E-state index < -0.39 is 12.0 Å². The number of aliphatic hydroxyl groups excluding tert-OH is 1. The van der Waals surface area contributed by atoms with Gasteiger partial charge in [-0.2, -0.15) is 0 Å². The topological polar surface area (TPSA) is 46.5 Å². The molecular weight excluding hydrogens is 168 g/mol. The van der Waals surface area contributed by atoms with Gasteiger partial charge in [0.25, 0.3) is 0 Å². The number of carbonyl (C=O) groups excluding carboxylic acids is 1.